The molecule has 100 valence electrons. The van der Waals surface area contributed by atoms with Gasteiger partial charge in [-0.3, -0.25) is 4.79 Å². The number of carbonyl (C=O) groups excluding carboxylic acids is 1. The van der Waals surface area contributed by atoms with E-state index in [-0.39, 0.29) is 12.4 Å². The summed E-state index contributed by atoms with van der Waals surface area (Å²) in [6, 6.07) is 5.12. The third kappa shape index (κ3) is 3.61. The molecule has 1 aromatic carbocycles. The Bertz CT molecular complexity index is 385. The summed E-state index contributed by atoms with van der Waals surface area (Å²) in [5, 5.41) is 0. The van der Waals surface area contributed by atoms with Gasteiger partial charge < -0.3 is 18.9 Å². The predicted molar refractivity (Wildman–Crippen MR) is 69.8 cm³/mol. The van der Waals surface area contributed by atoms with Crippen molar-refractivity contribution in [2.24, 2.45) is 0 Å². The van der Waals surface area contributed by atoms with Crippen molar-refractivity contribution >= 4 is 21.9 Å². The molecule has 0 aliphatic carbocycles. The van der Waals surface area contributed by atoms with Crippen molar-refractivity contribution in [2.75, 3.05) is 27.9 Å². The second kappa shape index (κ2) is 7.23. The largest absolute Gasteiger partial charge is 0.493 e. The van der Waals surface area contributed by atoms with Crippen LogP contribution in [-0.4, -0.2) is 38.7 Å². The summed E-state index contributed by atoms with van der Waals surface area (Å²) in [6.07, 6.45) is 0. The summed E-state index contributed by atoms with van der Waals surface area (Å²) < 4.78 is 20.4. The van der Waals surface area contributed by atoms with Gasteiger partial charge in [-0.05, 0) is 12.1 Å². The minimum absolute atomic E-state index is 0.219. The van der Waals surface area contributed by atoms with Crippen LogP contribution < -0.4 is 14.2 Å². The maximum atomic E-state index is 11.8. The van der Waals surface area contributed by atoms with Crippen LogP contribution in [0.25, 0.3) is 0 Å². The lowest BCUT2D eigenvalue weighted by Gasteiger charge is -2.14. The Kier molecular flexibility index (Phi) is 5.94. The fourth-order valence-corrected chi connectivity index (χ4v) is 1.65. The summed E-state index contributed by atoms with van der Waals surface area (Å²) in [6.45, 7) is 0.219. The van der Waals surface area contributed by atoms with Gasteiger partial charge in [0.05, 0.1) is 20.8 Å². The lowest BCUT2D eigenvalue weighted by Crippen LogP contribution is -2.24. The third-order valence-corrected chi connectivity index (χ3v) is 2.79. The highest BCUT2D eigenvalue weighted by molar-refractivity contribution is 9.10. The number of hydrogen-bond acceptors (Lipinski definition) is 5. The number of ether oxygens (including phenoxy) is 4. The molecule has 0 N–H and O–H groups in total. The quantitative estimate of drug-likeness (QED) is 0.456. The zero-order valence-corrected chi connectivity index (χ0v) is 12.0. The summed E-state index contributed by atoms with van der Waals surface area (Å²) >= 11 is 3.17. The standard InChI is InChI=1S/C12H15BrO5/c1-15-7-8(13)12(14)18-11-9(16-2)5-4-6-10(11)17-3/h4-6,8H,7H2,1-3H3. The van der Waals surface area contributed by atoms with Crippen LogP contribution in [0.5, 0.6) is 17.2 Å². The number of hydrogen-bond donors (Lipinski definition) is 0. The van der Waals surface area contributed by atoms with Gasteiger partial charge in [0, 0.05) is 7.11 Å². The molecule has 1 unspecified atom stereocenters. The van der Waals surface area contributed by atoms with Crippen LogP contribution in [0, 0.1) is 0 Å². The molecule has 0 radical (unpaired) electrons. The SMILES string of the molecule is COCC(Br)C(=O)Oc1c(OC)cccc1OC. The maximum absolute atomic E-state index is 11.8. The molecule has 18 heavy (non-hydrogen) atoms. The van der Waals surface area contributed by atoms with E-state index in [9.17, 15) is 4.79 Å². The Labute approximate surface area is 114 Å². The number of alkyl halides is 1. The molecule has 1 aromatic rings. The number of methoxy groups -OCH3 is 3. The number of benzene rings is 1. The number of carbonyl (C=O) groups is 1. The molecular formula is C12H15BrO5. The molecule has 1 rings (SSSR count). The van der Waals surface area contributed by atoms with E-state index in [0.717, 1.165) is 0 Å². The lowest BCUT2D eigenvalue weighted by molar-refractivity contribution is -0.134. The molecule has 0 aliphatic heterocycles. The Morgan fingerprint density at radius 3 is 2.22 bits per heavy atom. The van der Waals surface area contributed by atoms with Gasteiger partial charge in [-0.15, -0.1) is 0 Å². The molecule has 0 spiro atoms. The highest BCUT2D eigenvalue weighted by Crippen LogP contribution is 2.37. The van der Waals surface area contributed by atoms with E-state index in [0.29, 0.717) is 11.5 Å². The van der Waals surface area contributed by atoms with Crippen LogP contribution in [-0.2, 0) is 9.53 Å². The van der Waals surface area contributed by atoms with E-state index in [1.54, 1.807) is 18.2 Å². The molecule has 0 saturated carbocycles. The maximum Gasteiger partial charge on any atom is 0.327 e. The van der Waals surface area contributed by atoms with Gasteiger partial charge >= 0.3 is 5.97 Å². The Balaban J connectivity index is 2.91. The summed E-state index contributed by atoms with van der Waals surface area (Å²) in [5.41, 5.74) is 0. The van der Waals surface area contributed by atoms with Gasteiger partial charge in [0.25, 0.3) is 0 Å². The molecule has 0 saturated heterocycles. The van der Waals surface area contributed by atoms with E-state index < -0.39 is 10.8 Å². The van der Waals surface area contributed by atoms with E-state index >= 15 is 0 Å². The van der Waals surface area contributed by atoms with Crippen LogP contribution in [0.4, 0.5) is 0 Å². The number of halogens is 1. The van der Waals surface area contributed by atoms with Crippen LogP contribution >= 0.6 is 15.9 Å². The molecule has 0 amide bonds. The summed E-state index contributed by atoms with van der Waals surface area (Å²) in [7, 11) is 4.49. The first-order valence-electron chi connectivity index (χ1n) is 5.19. The first-order chi connectivity index (χ1) is 8.63. The normalized spacial score (nSPS) is 11.8. The van der Waals surface area contributed by atoms with Gasteiger partial charge in [-0.25, -0.2) is 0 Å². The fraction of sp³-hybridized carbons (Fsp3) is 0.417. The predicted octanol–water partition coefficient (Wildman–Crippen LogP) is 2.02. The topological polar surface area (TPSA) is 54.0 Å². The van der Waals surface area contributed by atoms with Crippen molar-refractivity contribution in [2.45, 2.75) is 4.83 Å². The minimum atomic E-state index is -0.544. The zero-order chi connectivity index (χ0) is 13.5. The van der Waals surface area contributed by atoms with Gasteiger partial charge in [0.2, 0.25) is 5.75 Å². The molecule has 0 aromatic heterocycles. The van der Waals surface area contributed by atoms with Gasteiger partial charge in [0.1, 0.15) is 4.83 Å². The van der Waals surface area contributed by atoms with Crippen LogP contribution in [0.3, 0.4) is 0 Å². The van der Waals surface area contributed by atoms with Crippen molar-refractivity contribution in [3.8, 4) is 17.2 Å². The van der Waals surface area contributed by atoms with E-state index in [1.807, 2.05) is 0 Å². The van der Waals surface area contributed by atoms with Crippen LogP contribution in [0.15, 0.2) is 18.2 Å². The number of para-hydroxylation sites is 1. The number of esters is 1. The molecule has 0 aliphatic rings. The highest BCUT2D eigenvalue weighted by atomic mass is 79.9. The van der Waals surface area contributed by atoms with E-state index in [2.05, 4.69) is 15.9 Å². The second-order valence-electron chi connectivity index (χ2n) is 3.34. The average Bonchev–Trinajstić information content (AvgIpc) is 2.39. The molecular weight excluding hydrogens is 304 g/mol. The van der Waals surface area contributed by atoms with Crippen LogP contribution in [0.2, 0.25) is 0 Å². The minimum Gasteiger partial charge on any atom is -0.493 e. The van der Waals surface area contributed by atoms with Crippen molar-refractivity contribution < 1.29 is 23.7 Å². The Hall–Kier alpha value is -1.27. The van der Waals surface area contributed by atoms with Crippen molar-refractivity contribution in [1.82, 2.24) is 0 Å². The second-order valence-corrected chi connectivity index (χ2v) is 4.44. The molecule has 6 heteroatoms. The Morgan fingerprint density at radius 1 is 1.22 bits per heavy atom. The van der Waals surface area contributed by atoms with Crippen molar-refractivity contribution in [3.05, 3.63) is 18.2 Å². The highest BCUT2D eigenvalue weighted by Gasteiger charge is 2.21. The lowest BCUT2D eigenvalue weighted by atomic mass is 10.3. The molecule has 0 bridgehead atoms. The van der Waals surface area contributed by atoms with Crippen LogP contribution in [0.1, 0.15) is 0 Å². The fourth-order valence-electron chi connectivity index (χ4n) is 1.30. The first-order valence-corrected chi connectivity index (χ1v) is 6.11. The third-order valence-electron chi connectivity index (χ3n) is 2.15. The van der Waals surface area contributed by atoms with Gasteiger partial charge in [0.15, 0.2) is 11.5 Å². The Morgan fingerprint density at radius 2 is 1.78 bits per heavy atom. The smallest absolute Gasteiger partial charge is 0.327 e. The molecule has 0 fully saturated rings. The molecule has 1 atom stereocenters. The van der Waals surface area contributed by atoms with E-state index in [1.165, 1.54) is 21.3 Å². The summed E-state index contributed by atoms with van der Waals surface area (Å²) in [4.78, 5) is 11.2. The van der Waals surface area contributed by atoms with Crippen molar-refractivity contribution in [1.29, 1.82) is 0 Å². The molecule has 0 heterocycles. The van der Waals surface area contributed by atoms with Gasteiger partial charge in [-0.2, -0.15) is 0 Å². The summed E-state index contributed by atoms with van der Waals surface area (Å²) in [5.74, 6) is 0.646. The average molecular weight is 319 g/mol. The van der Waals surface area contributed by atoms with E-state index in [4.69, 9.17) is 18.9 Å². The number of rotatable bonds is 6. The zero-order valence-electron chi connectivity index (χ0n) is 10.4. The monoisotopic (exact) mass is 318 g/mol. The van der Waals surface area contributed by atoms with Crippen molar-refractivity contribution in [3.63, 3.8) is 0 Å². The molecule has 5 nitrogen and oxygen atoms in total. The first kappa shape index (κ1) is 14.8. The van der Waals surface area contributed by atoms with Gasteiger partial charge in [-0.1, -0.05) is 22.0 Å².